The van der Waals surface area contributed by atoms with Crippen LogP contribution in [0.3, 0.4) is 0 Å². The van der Waals surface area contributed by atoms with Gasteiger partial charge < -0.3 is 5.32 Å². The Labute approximate surface area is 97.1 Å². The number of nitrogens with one attached hydrogen (secondary N) is 1. The van der Waals surface area contributed by atoms with Gasteiger partial charge in [-0.1, -0.05) is 0 Å². The fourth-order valence-corrected chi connectivity index (χ4v) is 5.16. The highest BCUT2D eigenvalue weighted by Crippen LogP contribution is 2.36. The van der Waals surface area contributed by atoms with E-state index in [0.29, 0.717) is 17.8 Å². The molecule has 1 fully saturated rings. The Hall–Kier alpha value is -0.920. The predicted octanol–water partition coefficient (Wildman–Crippen LogP) is 0.255. The minimum Gasteiger partial charge on any atom is -0.315 e. The molecule has 16 heavy (non-hydrogen) atoms. The van der Waals surface area contributed by atoms with E-state index in [-0.39, 0.29) is 16.8 Å². The Balaban J connectivity index is 2.10. The molecule has 7 heteroatoms. The molecule has 1 N–H and O–H groups in total. The zero-order valence-corrected chi connectivity index (χ0v) is 9.97. The van der Waals surface area contributed by atoms with E-state index >= 15 is 0 Å². The SMILES string of the molecule is O=C1c2sccc2S(=O)(=O)N1[C@@H]1CCNC1. The maximum Gasteiger partial charge on any atom is 0.279 e. The van der Waals surface area contributed by atoms with Gasteiger partial charge in [-0.3, -0.25) is 4.79 Å². The second kappa shape index (κ2) is 3.28. The third kappa shape index (κ3) is 1.19. The van der Waals surface area contributed by atoms with Crippen molar-refractivity contribution in [3.05, 3.63) is 16.3 Å². The average Bonchev–Trinajstić information content (AvgIpc) is 2.89. The fraction of sp³-hybridized carbons (Fsp3) is 0.444. The molecule has 2 aliphatic rings. The number of amides is 1. The third-order valence-electron chi connectivity index (χ3n) is 2.93. The van der Waals surface area contributed by atoms with Crippen molar-refractivity contribution in [2.75, 3.05) is 13.1 Å². The molecular weight excluding hydrogens is 248 g/mol. The summed E-state index contributed by atoms with van der Waals surface area (Å²) in [5.74, 6) is -0.362. The lowest BCUT2D eigenvalue weighted by Crippen LogP contribution is -2.41. The van der Waals surface area contributed by atoms with Gasteiger partial charge in [0.2, 0.25) is 0 Å². The summed E-state index contributed by atoms with van der Waals surface area (Å²) in [6.45, 7) is 1.32. The van der Waals surface area contributed by atoms with Crippen molar-refractivity contribution in [3.8, 4) is 0 Å². The van der Waals surface area contributed by atoms with Gasteiger partial charge in [0.15, 0.2) is 0 Å². The lowest BCUT2D eigenvalue weighted by molar-refractivity contribution is 0.0844. The number of carbonyl (C=O) groups excluding carboxylic acids is 1. The molecule has 0 unspecified atom stereocenters. The van der Waals surface area contributed by atoms with Gasteiger partial charge in [0.05, 0.1) is 6.04 Å². The average molecular weight is 258 g/mol. The van der Waals surface area contributed by atoms with Crippen LogP contribution < -0.4 is 5.32 Å². The fourth-order valence-electron chi connectivity index (χ4n) is 2.17. The van der Waals surface area contributed by atoms with Crippen molar-refractivity contribution >= 4 is 27.3 Å². The van der Waals surface area contributed by atoms with Crippen LogP contribution >= 0.6 is 11.3 Å². The molecule has 1 saturated heterocycles. The van der Waals surface area contributed by atoms with Gasteiger partial charge in [0.25, 0.3) is 15.9 Å². The van der Waals surface area contributed by atoms with E-state index in [1.807, 2.05) is 0 Å². The van der Waals surface area contributed by atoms with Crippen LogP contribution in [0.5, 0.6) is 0 Å². The zero-order valence-electron chi connectivity index (χ0n) is 8.34. The monoisotopic (exact) mass is 258 g/mol. The lowest BCUT2D eigenvalue weighted by atomic mass is 10.2. The molecule has 1 atom stereocenters. The zero-order chi connectivity index (χ0) is 11.3. The van der Waals surface area contributed by atoms with Crippen LogP contribution in [0.2, 0.25) is 0 Å². The highest BCUT2D eigenvalue weighted by Gasteiger charge is 2.46. The first-order valence-corrected chi connectivity index (χ1v) is 7.31. The van der Waals surface area contributed by atoms with Gasteiger partial charge in [-0.25, -0.2) is 12.7 Å². The van der Waals surface area contributed by atoms with Crippen LogP contribution in [0.1, 0.15) is 16.1 Å². The quantitative estimate of drug-likeness (QED) is 0.784. The normalized spacial score (nSPS) is 27.4. The lowest BCUT2D eigenvalue weighted by Gasteiger charge is -2.21. The first kappa shape index (κ1) is 10.2. The maximum absolute atomic E-state index is 12.1. The Bertz CT molecular complexity index is 543. The highest BCUT2D eigenvalue weighted by molar-refractivity contribution is 7.90. The summed E-state index contributed by atoms with van der Waals surface area (Å²) in [4.78, 5) is 12.5. The van der Waals surface area contributed by atoms with Gasteiger partial charge in [-0.05, 0) is 24.4 Å². The molecule has 0 aromatic carbocycles. The maximum atomic E-state index is 12.1. The summed E-state index contributed by atoms with van der Waals surface area (Å²) in [5, 5.41) is 4.71. The van der Waals surface area contributed by atoms with Gasteiger partial charge in [-0.15, -0.1) is 11.3 Å². The van der Waals surface area contributed by atoms with Crippen LogP contribution in [0, 0.1) is 0 Å². The molecule has 0 bridgehead atoms. The largest absolute Gasteiger partial charge is 0.315 e. The van der Waals surface area contributed by atoms with Crippen LogP contribution in [-0.4, -0.2) is 37.8 Å². The molecule has 3 heterocycles. The Morgan fingerprint density at radius 1 is 1.50 bits per heavy atom. The van der Waals surface area contributed by atoms with E-state index < -0.39 is 10.0 Å². The molecular formula is C9H10N2O3S2. The second-order valence-corrected chi connectivity index (χ2v) is 6.57. The summed E-state index contributed by atoms with van der Waals surface area (Å²) in [7, 11) is -3.58. The topological polar surface area (TPSA) is 66.5 Å². The van der Waals surface area contributed by atoms with Crippen LogP contribution in [-0.2, 0) is 10.0 Å². The van der Waals surface area contributed by atoms with Gasteiger partial charge in [0, 0.05) is 6.54 Å². The van der Waals surface area contributed by atoms with Crippen LogP contribution in [0.15, 0.2) is 16.3 Å². The van der Waals surface area contributed by atoms with E-state index in [0.717, 1.165) is 10.8 Å². The molecule has 3 rings (SSSR count). The second-order valence-electron chi connectivity index (χ2n) is 3.87. The summed E-state index contributed by atoms with van der Waals surface area (Å²) in [5.41, 5.74) is 0. The summed E-state index contributed by atoms with van der Waals surface area (Å²) < 4.78 is 25.3. The molecule has 0 aliphatic carbocycles. The van der Waals surface area contributed by atoms with Crippen molar-refractivity contribution in [2.24, 2.45) is 0 Å². The van der Waals surface area contributed by atoms with Crippen molar-refractivity contribution in [2.45, 2.75) is 17.4 Å². The molecule has 2 aliphatic heterocycles. The molecule has 1 aromatic heterocycles. The highest BCUT2D eigenvalue weighted by atomic mass is 32.2. The molecule has 0 radical (unpaired) electrons. The van der Waals surface area contributed by atoms with E-state index in [1.165, 1.54) is 17.4 Å². The summed E-state index contributed by atoms with van der Waals surface area (Å²) in [6.07, 6.45) is 0.694. The van der Waals surface area contributed by atoms with E-state index in [9.17, 15) is 13.2 Å². The number of hydrogen-bond donors (Lipinski definition) is 1. The summed E-state index contributed by atoms with van der Waals surface area (Å²) in [6, 6.07) is 1.28. The van der Waals surface area contributed by atoms with Gasteiger partial charge in [-0.2, -0.15) is 0 Å². The van der Waals surface area contributed by atoms with Crippen LogP contribution in [0.4, 0.5) is 0 Å². The van der Waals surface area contributed by atoms with E-state index in [2.05, 4.69) is 5.32 Å². The molecule has 0 saturated carbocycles. The van der Waals surface area contributed by atoms with Gasteiger partial charge in [0.1, 0.15) is 9.77 Å². The van der Waals surface area contributed by atoms with Crippen molar-refractivity contribution in [1.82, 2.24) is 9.62 Å². The number of fused-ring (bicyclic) bond motifs is 1. The standard InChI is InChI=1S/C9H10N2O3S2/c12-9-8-7(2-4-15-8)16(13,14)11(9)6-1-3-10-5-6/h2,4,6,10H,1,3,5H2/t6-/m1/s1. The third-order valence-corrected chi connectivity index (χ3v) is 5.84. The minimum atomic E-state index is -3.58. The minimum absolute atomic E-state index is 0.175. The number of rotatable bonds is 1. The smallest absolute Gasteiger partial charge is 0.279 e. The first-order valence-electron chi connectivity index (χ1n) is 4.99. The number of carbonyl (C=O) groups is 1. The number of hydrogen-bond acceptors (Lipinski definition) is 5. The first-order chi connectivity index (χ1) is 7.62. The molecule has 5 nitrogen and oxygen atoms in total. The number of sulfonamides is 1. The molecule has 1 amide bonds. The molecule has 1 aromatic rings. The van der Waals surface area contributed by atoms with Crippen molar-refractivity contribution in [3.63, 3.8) is 0 Å². The Morgan fingerprint density at radius 3 is 2.94 bits per heavy atom. The molecule has 86 valence electrons. The molecule has 0 spiro atoms. The Kier molecular flexibility index (Phi) is 2.10. The van der Waals surface area contributed by atoms with Crippen LogP contribution in [0.25, 0.3) is 0 Å². The van der Waals surface area contributed by atoms with Crippen molar-refractivity contribution in [1.29, 1.82) is 0 Å². The van der Waals surface area contributed by atoms with E-state index in [4.69, 9.17) is 0 Å². The summed E-state index contributed by atoms with van der Waals surface area (Å²) >= 11 is 1.19. The Morgan fingerprint density at radius 2 is 2.31 bits per heavy atom. The number of nitrogens with zero attached hydrogens (tertiary/aromatic N) is 1. The van der Waals surface area contributed by atoms with Gasteiger partial charge >= 0.3 is 0 Å². The number of thiophene rings is 1. The van der Waals surface area contributed by atoms with E-state index in [1.54, 1.807) is 5.38 Å². The predicted molar refractivity (Wildman–Crippen MR) is 58.9 cm³/mol. The van der Waals surface area contributed by atoms with Crippen molar-refractivity contribution < 1.29 is 13.2 Å².